The van der Waals surface area contributed by atoms with Crippen molar-refractivity contribution in [2.24, 2.45) is 5.10 Å². The molecular weight excluding hydrogens is 472 g/mol. The zero-order chi connectivity index (χ0) is 23.3. The Morgan fingerprint density at radius 3 is 2.50 bits per heavy atom. The highest BCUT2D eigenvalue weighted by atomic mass is 79.9. The van der Waals surface area contributed by atoms with Gasteiger partial charge in [0.05, 0.1) is 35.7 Å². The fraction of sp³-hybridized carbons (Fsp3) is 0.292. The van der Waals surface area contributed by atoms with Crippen molar-refractivity contribution in [3.63, 3.8) is 0 Å². The van der Waals surface area contributed by atoms with E-state index in [1.165, 1.54) is 0 Å². The summed E-state index contributed by atoms with van der Waals surface area (Å²) in [5.74, 6) is 1.05. The average molecular weight is 499 g/mol. The lowest BCUT2D eigenvalue weighted by molar-refractivity contribution is -0.123. The molecule has 0 aliphatic rings. The van der Waals surface area contributed by atoms with E-state index in [2.05, 4.69) is 31.6 Å². The van der Waals surface area contributed by atoms with E-state index in [-0.39, 0.29) is 12.5 Å². The predicted octanol–water partition coefficient (Wildman–Crippen LogP) is 4.47. The van der Waals surface area contributed by atoms with E-state index >= 15 is 0 Å². The number of methoxy groups -OCH3 is 1. The fourth-order valence-corrected chi connectivity index (χ4v) is 3.62. The van der Waals surface area contributed by atoms with Gasteiger partial charge in [0, 0.05) is 5.56 Å². The van der Waals surface area contributed by atoms with E-state index in [1.54, 1.807) is 13.3 Å². The van der Waals surface area contributed by atoms with E-state index in [1.807, 2.05) is 68.8 Å². The number of aromatic nitrogens is 2. The minimum Gasteiger partial charge on any atom is -0.496 e. The highest BCUT2D eigenvalue weighted by molar-refractivity contribution is 9.10. The van der Waals surface area contributed by atoms with Crippen molar-refractivity contribution in [3.05, 3.63) is 74.5 Å². The average Bonchev–Trinajstić information content (AvgIpc) is 2.99. The lowest BCUT2D eigenvalue weighted by Crippen LogP contribution is -2.24. The number of aryl methyl sites for hydroxylation is 3. The van der Waals surface area contributed by atoms with Crippen LogP contribution in [0.25, 0.3) is 0 Å². The highest BCUT2D eigenvalue weighted by Gasteiger charge is 2.12. The number of hydrazone groups is 1. The Labute approximate surface area is 196 Å². The van der Waals surface area contributed by atoms with Crippen molar-refractivity contribution >= 4 is 28.1 Å². The van der Waals surface area contributed by atoms with Gasteiger partial charge in [-0.25, -0.2) is 5.43 Å². The molecule has 1 heterocycles. The first kappa shape index (κ1) is 23.5. The quantitative estimate of drug-likeness (QED) is 0.367. The standard InChI is InChI=1S/C24H27BrN4O3/c1-15-8-16(2)10-21(9-15)32-14-23(30)27-26-12-19-6-7-20(22(11-19)31-5)13-29-18(4)24(25)17(3)28-29/h6-12H,13-14H2,1-5H3,(H,27,30)/b26-12-. The van der Waals surface area contributed by atoms with Gasteiger partial charge in [-0.1, -0.05) is 18.2 Å². The van der Waals surface area contributed by atoms with E-state index in [0.717, 1.165) is 43.9 Å². The maximum Gasteiger partial charge on any atom is 0.277 e. The van der Waals surface area contributed by atoms with Gasteiger partial charge >= 0.3 is 0 Å². The third-order valence-corrected chi connectivity index (χ3v) is 6.04. The summed E-state index contributed by atoms with van der Waals surface area (Å²) in [6.07, 6.45) is 1.57. The van der Waals surface area contributed by atoms with Gasteiger partial charge < -0.3 is 9.47 Å². The van der Waals surface area contributed by atoms with E-state index in [9.17, 15) is 4.79 Å². The smallest absolute Gasteiger partial charge is 0.277 e. The van der Waals surface area contributed by atoms with Crippen molar-refractivity contribution < 1.29 is 14.3 Å². The molecule has 0 aliphatic carbocycles. The number of ether oxygens (including phenoxy) is 2. The van der Waals surface area contributed by atoms with Gasteiger partial charge in [0.15, 0.2) is 6.61 Å². The second kappa shape index (κ2) is 10.5. The van der Waals surface area contributed by atoms with Crippen LogP contribution in [0.4, 0.5) is 0 Å². The molecule has 3 rings (SSSR count). The molecule has 0 aliphatic heterocycles. The molecule has 8 heteroatoms. The first-order valence-electron chi connectivity index (χ1n) is 10.2. The van der Waals surface area contributed by atoms with Gasteiger partial charge in [-0.3, -0.25) is 9.48 Å². The number of hydrogen-bond acceptors (Lipinski definition) is 5. The summed E-state index contributed by atoms with van der Waals surface area (Å²) in [5, 5.41) is 8.57. The lowest BCUT2D eigenvalue weighted by atomic mass is 10.1. The van der Waals surface area contributed by atoms with Crippen molar-refractivity contribution in [3.8, 4) is 11.5 Å². The Bertz CT molecular complexity index is 1130. The van der Waals surface area contributed by atoms with Crippen molar-refractivity contribution in [1.82, 2.24) is 15.2 Å². The monoisotopic (exact) mass is 498 g/mol. The van der Waals surface area contributed by atoms with Crippen LogP contribution in [0.1, 0.15) is 33.6 Å². The second-order valence-corrected chi connectivity index (χ2v) is 8.41. The van der Waals surface area contributed by atoms with Gasteiger partial charge in [0.25, 0.3) is 5.91 Å². The summed E-state index contributed by atoms with van der Waals surface area (Å²) in [6.45, 7) is 8.43. The molecule has 2 aromatic carbocycles. The van der Waals surface area contributed by atoms with Crippen LogP contribution in [0.5, 0.6) is 11.5 Å². The van der Waals surface area contributed by atoms with Gasteiger partial charge in [-0.15, -0.1) is 0 Å². The molecule has 0 fully saturated rings. The predicted molar refractivity (Wildman–Crippen MR) is 129 cm³/mol. The molecule has 0 atom stereocenters. The molecule has 0 saturated carbocycles. The molecule has 3 aromatic rings. The first-order valence-corrected chi connectivity index (χ1v) is 11.0. The van der Waals surface area contributed by atoms with E-state index in [4.69, 9.17) is 9.47 Å². The number of nitrogens with zero attached hydrogens (tertiary/aromatic N) is 3. The Hall–Kier alpha value is -3.13. The van der Waals surface area contributed by atoms with Crippen LogP contribution in [0, 0.1) is 27.7 Å². The molecule has 1 amide bonds. The molecule has 0 spiro atoms. The SMILES string of the molecule is COc1cc(/C=N\NC(=O)COc2cc(C)cc(C)c2)ccc1Cn1nc(C)c(Br)c1C. The maximum absolute atomic E-state index is 12.0. The summed E-state index contributed by atoms with van der Waals surface area (Å²) in [7, 11) is 1.63. The summed E-state index contributed by atoms with van der Waals surface area (Å²) in [5.41, 5.74) is 8.45. The first-order chi connectivity index (χ1) is 15.3. The van der Waals surface area contributed by atoms with Crippen LogP contribution in [0.3, 0.4) is 0 Å². The Morgan fingerprint density at radius 2 is 1.88 bits per heavy atom. The summed E-state index contributed by atoms with van der Waals surface area (Å²) in [6, 6.07) is 11.6. The van der Waals surface area contributed by atoms with Crippen LogP contribution in [0.15, 0.2) is 46.0 Å². The number of rotatable bonds is 8. The van der Waals surface area contributed by atoms with Crippen LogP contribution < -0.4 is 14.9 Å². The highest BCUT2D eigenvalue weighted by Crippen LogP contribution is 2.24. The van der Waals surface area contributed by atoms with Gasteiger partial charge in [-0.05, 0) is 78.5 Å². The summed E-state index contributed by atoms with van der Waals surface area (Å²) < 4.78 is 14.0. The van der Waals surface area contributed by atoms with Crippen molar-refractivity contribution in [1.29, 1.82) is 0 Å². The Morgan fingerprint density at radius 1 is 1.16 bits per heavy atom. The number of nitrogens with one attached hydrogen (secondary N) is 1. The van der Waals surface area contributed by atoms with Crippen LogP contribution in [0.2, 0.25) is 0 Å². The number of hydrogen-bond donors (Lipinski definition) is 1. The number of halogens is 1. The van der Waals surface area contributed by atoms with Crippen LogP contribution in [-0.2, 0) is 11.3 Å². The van der Waals surface area contributed by atoms with Gasteiger partial charge in [-0.2, -0.15) is 10.2 Å². The molecule has 168 valence electrons. The van der Waals surface area contributed by atoms with Gasteiger partial charge in [0.1, 0.15) is 11.5 Å². The minimum absolute atomic E-state index is 0.110. The number of amides is 1. The summed E-state index contributed by atoms with van der Waals surface area (Å²) >= 11 is 3.56. The van der Waals surface area contributed by atoms with Crippen molar-refractivity contribution in [2.45, 2.75) is 34.2 Å². The fourth-order valence-electron chi connectivity index (χ4n) is 3.34. The zero-order valence-electron chi connectivity index (χ0n) is 18.9. The van der Waals surface area contributed by atoms with Crippen LogP contribution >= 0.6 is 15.9 Å². The largest absolute Gasteiger partial charge is 0.496 e. The third kappa shape index (κ3) is 5.97. The number of carbonyl (C=O) groups excluding carboxylic acids is 1. The molecule has 0 unspecified atom stereocenters. The van der Waals surface area contributed by atoms with E-state index in [0.29, 0.717) is 12.3 Å². The van der Waals surface area contributed by atoms with E-state index < -0.39 is 0 Å². The molecule has 7 nitrogen and oxygen atoms in total. The Kier molecular flexibility index (Phi) is 7.69. The van der Waals surface area contributed by atoms with Crippen molar-refractivity contribution in [2.75, 3.05) is 13.7 Å². The molecule has 0 radical (unpaired) electrons. The second-order valence-electron chi connectivity index (χ2n) is 7.62. The molecule has 32 heavy (non-hydrogen) atoms. The number of carbonyl (C=O) groups is 1. The maximum atomic E-state index is 12.0. The summed E-state index contributed by atoms with van der Waals surface area (Å²) in [4.78, 5) is 12.0. The lowest BCUT2D eigenvalue weighted by Gasteiger charge is -2.11. The molecule has 0 bridgehead atoms. The number of benzene rings is 2. The third-order valence-electron chi connectivity index (χ3n) is 4.89. The molecule has 1 N–H and O–H groups in total. The Balaban J connectivity index is 1.59. The molecular formula is C24H27BrN4O3. The normalized spacial score (nSPS) is 11.1. The topological polar surface area (TPSA) is 77.7 Å². The molecule has 0 saturated heterocycles. The minimum atomic E-state index is -0.334. The zero-order valence-corrected chi connectivity index (χ0v) is 20.5. The van der Waals surface area contributed by atoms with Gasteiger partial charge in [0.2, 0.25) is 0 Å². The molecule has 1 aromatic heterocycles. The van der Waals surface area contributed by atoms with Crippen LogP contribution in [-0.4, -0.2) is 35.6 Å².